The average molecular weight is 396 g/mol. The van der Waals surface area contributed by atoms with Gasteiger partial charge in [0.05, 0.1) is 18.0 Å². The van der Waals surface area contributed by atoms with Crippen molar-refractivity contribution in [3.05, 3.63) is 59.2 Å². The van der Waals surface area contributed by atoms with E-state index in [1.807, 2.05) is 19.0 Å². The summed E-state index contributed by atoms with van der Waals surface area (Å²) < 4.78 is 38.1. The first-order valence-corrected chi connectivity index (χ1v) is 8.23. The second kappa shape index (κ2) is 8.79. The molecule has 28 heavy (non-hydrogen) atoms. The highest BCUT2D eigenvalue weighted by Gasteiger charge is 2.30. The molecule has 1 heterocycles. The van der Waals surface area contributed by atoms with Crippen LogP contribution in [0, 0.1) is 0 Å². The Labute approximate surface area is 159 Å². The summed E-state index contributed by atoms with van der Waals surface area (Å²) in [6.45, 7) is 0.898. The molecule has 1 aromatic heterocycles. The first-order chi connectivity index (χ1) is 13.1. The van der Waals surface area contributed by atoms with E-state index in [2.05, 4.69) is 9.97 Å². The molecule has 10 heteroatoms. The maximum atomic E-state index is 12.7. The summed E-state index contributed by atoms with van der Waals surface area (Å²) in [5.74, 6) is -1.76. The number of halogens is 3. The number of carbonyl (C=O) groups is 2. The van der Waals surface area contributed by atoms with Gasteiger partial charge in [-0.1, -0.05) is 12.1 Å². The fourth-order valence-electron chi connectivity index (χ4n) is 2.30. The molecule has 0 aliphatic heterocycles. The predicted octanol–water partition coefficient (Wildman–Crippen LogP) is 2.40. The summed E-state index contributed by atoms with van der Waals surface area (Å²) in [7, 11) is 3.64. The van der Waals surface area contributed by atoms with E-state index in [0.29, 0.717) is 18.7 Å². The van der Waals surface area contributed by atoms with Gasteiger partial charge in [-0.05, 0) is 31.8 Å². The van der Waals surface area contributed by atoms with Crippen LogP contribution in [0.2, 0.25) is 0 Å². The van der Waals surface area contributed by atoms with Crippen molar-refractivity contribution in [1.29, 1.82) is 0 Å². The normalized spacial score (nSPS) is 11.5. The van der Waals surface area contributed by atoms with E-state index in [4.69, 9.17) is 5.11 Å². The number of aromatic carboxylic acids is 1. The van der Waals surface area contributed by atoms with Gasteiger partial charge in [-0.25, -0.2) is 14.8 Å². The van der Waals surface area contributed by atoms with E-state index in [1.54, 1.807) is 0 Å². The van der Waals surface area contributed by atoms with E-state index in [0.717, 1.165) is 24.5 Å². The van der Waals surface area contributed by atoms with Crippen molar-refractivity contribution in [3.63, 3.8) is 0 Å². The van der Waals surface area contributed by atoms with Crippen LogP contribution < -0.4 is 0 Å². The van der Waals surface area contributed by atoms with Crippen LogP contribution in [-0.2, 0) is 12.7 Å². The molecule has 0 atom stereocenters. The Kier molecular flexibility index (Phi) is 6.68. The van der Waals surface area contributed by atoms with E-state index in [9.17, 15) is 22.8 Å². The fourth-order valence-corrected chi connectivity index (χ4v) is 2.30. The Balaban J connectivity index is 2.20. The Morgan fingerprint density at radius 1 is 1.00 bits per heavy atom. The van der Waals surface area contributed by atoms with Gasteiger partial charge in [0, 0.05) is 19.6 Å². The van der Waals surface area contributed by atoms with Crippen molar-refractivity contribution < 1.29 is 27.9 Å². The molecule has 2 rings (SSSR count). The number of likely N-dealkylation sites (N-methyl/N-ethyl adjacent to an activating group) is 1. The molecular formula is C18H19F3N4O3. The molecule has 0 fully saturated rings. The lowest BCUT2D eigenvalue weighted by atomic mass is 10.1. The van der Waals surface area contributed by atoms with Crippen LogP contribution >= 0.6 is 0 Å². The minimum Gasteiger partial charge on any atom is -0.476 e. The molecule has 0 aliphatic rings. The molecule has 0 unspecified atom stereocenters. The summed E-state index contributed by atoms with van der Waals surface area (Å²) in [5, 5.41) is 8.86. The van der Waals surface area contributed by atoms with Gasteiger partial charge >= 0.3 is 12.1 Å². The highest BCUT2D eigenvalue weighted by molar-refractivity contribution is 5.92. The maximum Gasteiger partial charge on any atom is 0.416 e. The number of benzene rings is 1. The number of carboxylic acid groups (broad SMARTS) is 1. The third-order valence-electron chi connectivity index (χ3n) is 3.85. The summed E-state index contributed by atoms with van der Waals surface area (Å²) in [6.07, 6.45) is -2.38. The Morgan fingerprint density at radius 3 is 2.04 bits per heavy atom. The summed E-state index contributed by atoms with van der Waals surface area (Å²) in [4.78, 5) is 34.4. The van der Waals surface area contributed by atoms with Crippen LogP contribution in [0.3, 0.4) is 0 Å². The average Bonchev–Trinajstić information content (AvgIpc) is 2.64. The van der Waals surface area contributed by atoms with Crippen molar-refractivity contribution in [1.82, 2.24) is 19.8 Å². The predicted molar refractivity (Wildman–Crippen MR) is 93.7 cm³/mol. The van der Waals surface area contributed by atoms with E-state index in [1.165, 1.54) is 17.0 Å². The monoisotopic (exact) mass is 396 g/mol. The molecule has 0 aliphatic carbocycles. The van der Waals surface area contributed by atoms with Crippen LogP contribution in [0.5, 0.6) is 0 Å². The lowest BCUT2D eigenvalue weighted by molar-refractivity contribution is -0.137. The van der Waals surface area contributed by atoms with Crippen molar-refractivity contribution in [2.75, 3.05) is 27.2 Å². The topological polar surface area (TPSA) is 86.6 Å². The van der Waals surface area contributed by atoms with Gasteiger partial charge < -0.3 is 14.9 Å². The number of amides is 1. The molecule has 0 spiro atoms. The minimum absolute atomic E-state index is 0.0457. The number of carbonyl (C=O) groups excluding carboxylic acids is 1. The molecule has 150 valence electrons. The highest BCUT2D eigenvalue weighted by Crippen LogP contribution is 2.29. The maximum absolute atomic E-state index is 12.7. The van der Waals surface area contributed by atoms with Gasteiger partial charge in [0.1, 0.15) is 5.69 Å². The van der Waals surface area contributed by atoms with Crippen molar-refractivity contribution in [2.24, 2.45) is 0 Å². The van der Waals surface area contributed by atoms with E-state index >= 15 is 0 Å². The summed E-state index contributed by atoms with van der Waals surface area (Å²) in [5.41, 5.74) is -0.581. The molecular weight excluding hydrogens is 377 g/mol. The fraction of sp³-hybridized carbons (Fsp3) is 0.333. The van der Waals surface area contributed by atoms with E-state index < -0.39 is 23.6 Å². The lowest BCUT2D eigenvalue weighted by Crippen LogP contribution is -2.36. The number of aromatic nitrogens is 2. The molecule has 0 saturated heterocycles. The van der Waals surface area contributed by atoms with Crippen molar-refractivity contribution in [2.45, 2.75) is 12.7 Å². The van der Waals surface area contributed by atoms with Gasteiger partial charge in [-0.2, -0.15) is 13.2 Å². The molecule has 7 nitrogen and oxygen atoms in total. The number of rotatable bonds is 7. The molecule has 0 bridgehead atoms. The Hall–Kier alpha value is -3.01. The van der Waals surface area contributed by atoms with Crippen LogP contribution in [0.4, 0.5) is 13.2 Å². The number of hydrogen-bond donors (Lipinski definition) is 1. The highest BCUT2D eigenvalue weighted by atomic mass is 19.4. The standard InChI is InChI=1S/C18H19F3N4O3/c1-24(2)7-8-25(11-12-3-5-13(6-4-12)18(19,20)21)16(26)14-9-23-15(10-22-14)17(27)28/h3-6,9-10H,7-8,11H2,1-2H3,(H,27,28). The molecule has 2 aromatic rings. The largest absolute Gasteiger partial charge is 0.476 e. The molecule has 0 radical (unpaired) electrons. The zero-order valence-corrected chi connectivity index (χ0v) is 15.3. The number of hydrogen-bond acceptors (Lipinski definition) is 5. The van der Waals surface area contributed by atoms with Gasteiger partial charge in [-0.3, -0.25) is 4.79 Å². The Bertz CT molecular complexity index is 821. The SMILES string of the molecule is CN(C)CCN(Cc1ccc(C(F)(F)F)cc1)C(=O)c1cnc(C(=O)O)cn1. The van der Waals surface area contributed by atoms with Crippen molar-refractivity contribution >= 4 is 11.9 Å². The molecule has 0 saturated carbocycles. The smallest absolute Gasteiger partial charge is 0.416 e. The quantitative estimate of drug-likeness (QED) is 0.774. The second-order valence-electron chi connectivity index (χ2n) is 6.32. The lowest BCUT2D eigenvalue weighted by Gasteiger charge is -2.24. The first-order valence-electron chi connectivity index (χ1n) is 8.23. The van der Waals surface area contributed by atoms with Crippen LogP contribution in [0.25, 0.3) is 0 Å². The van der Waals surface area contributed by atoms with Gasteiger partial charge in [-0.15, -0.1) is 0 Å². The van der Waals surface area contributed by atoms with Crippen LogP contribution in [0.1, 0.15) is 32.1 Å². The number of carboxylic acids is 1. The zero-order valence-electron chi connectivity index (χ0n) is 15.3. The van der Waals surface area contributed by atoms with E-state index in [-0.39, 0.29) is 17.9 Å². The molecule has 1 amide bonds. The minimum atomic E-state index is -4.43. The first kappa shape index (κ1) is 21.3. The van der Waals surface area contributed by atoms with Crippen LogP contribution in [0.15, 0.2) is 36.7 Å². The summed E-state index contributed by atoms with van der Waals surface area (Å²) >= 11 is 0. The van der Waals surface area contributed by atoms with Crippen molar-refractivity contribution in [3.8, 4) is 0 Å². The molecule has 1 aromatic carbocycles. The number of nitrogens with zero attached hydrogens (tertiary/aromatic N) is 4. The third-order valence-corrected chi connectivity index (χ3v) is 3.85. The molecule has 1 N–H and O–H groups in total. The third kappa shape index (κ3) is 5.74. The second-order valence-corrected chi connectivity index (χ2v) is 6.32. The van der Waals surface area contributed by atoms with Gasteiger partial charge in [0.15, 0.2) is 5.69 Å². The van der Waals surface area contributed by atoms with Gasteiger partial charge in [0.2, 0.25) is 0 Å². The number of alkyl halides is 3. The Morgan fingerprint density at radius 2 is 1.57 bits per heavy atom. The van der Waals surface area contributed by atoms with Crippen LogP contribution in [-0.4, -0.2) is 63.9 Å². The zero-order chi connectivity index (χ0) is 20.9. The summed E-state index contributed by atoms with van der Waals surface area (Å²) in [6, 6.07) is 4.56. The van der Waals surface area contributed by atoms with Gasteiger partial charge in [0.25, 0.3) is 5.91 Å².